The zero-order valence-corrected chi connectivity index (χ0v) is 12.8. The lowest BCUT2D eigenvalue weighted by Crippen LogP contribution is -2.35. The van der Waals surface area contributed by atoms with Crippen LogP contribution in [0.15, 0.2) is 29.4 Å². The molecule has 0 aromatic heterocycles. The minimum absolute atomic E-state index is 0.528. The van der Waals surface area contributed by atoms with E-state index >= 15 is 0 Å². The van der Waals surface area contributed by atoms with E-state index in [1.807, 2.05) is 13.8 Å². The molecule has 110 valence electrons. The van der Waals surface area contributed by atoms with E-state index < -0.39 is 11.7 Å². The van der Waals surface area contributed by atoms with Crippen LogP contribution in [0.25, 0.3) is 0 Å². The second kappa shape index (κ2) is 7.26. The molecule has 6 heteroatoms. The summed E-state index contributed by atoms with van der Waals surface area (Å²) in [6, 6.07) is 6.76. The van der Waals surface area contributed by atoms with Crippen molar-refractivity contribution in [3.63, 3.8) is 0 Å². The number of anilines is 1. The van der Waals surface area contributed by atoms with E-state index in [4.69, 9.17) is 21.2 Å². The molecule has 5 nitrogen and oxygen atoms in total. The number of benzene rings is 1. The van der Waals surface area contributed by atoms with Crippen molar-refractivity contribution < 1.29 is 14.4 Å². The molecule has 0 aliphatic carbocycles. The minimum atomic E-state index is -0.679. The highest BCUT2D eigenvalue weighted by atomic mass is 35.5. The summed E-state index contributed by atoms with van der Waals surface area (Å²) >= 11 is 5.82. The number of carbonyl (C=O) groups is 1. The molecular weight excluding hydrogens is 280 g/mol. The lowest BCUT2D eigenvalue weighted by Gasteiger charge is -2.25. The smallest absolute Gasteiger partial charge is 0.372 e. The molecule has 0 bridgehead atoms. The molecule has 0 aliphatic heterocycles. The van der Waals surface area contributed by atoms with Crippen LogP contribution in [0.5, 0.6) is 0 Å². The maximum atomic E-state index is 11.6. The molecule has 0 radical (unpaired) electrons. The Hall–Kier alpha value is -1.59. The number of nitrogens with one attached hydrogen (secondary N) is 1. The van der Waals surface area contributed by atoms with Gasteiger partial charge in [-0.25, -0.2) is 4.79 Å². The van der Waals surface area contributed by atoms with E-state index in [1.165, 1.54) is 0 Å². The normalized spacial score (nSPS) is 14.6. The van der Waals surface area contributed by atoms with Crippen molar-refractivity contribution in [3.8, 4) is 0 Å². The van der Waals surface area contributed by atoms with Crippen LogP contribution >= 0.6 is 11.6 Å². The predicted molar refractivity (Wildman–Crippen MR) is 80.4 cm³/mol. The second-order valence-corrected chi connectivity index (χ2v) is 4.92. The summed E-state index contributed by atoms with van der Waals surface area (Å²) in [4.78, 5) is 16.4. The fourth-order valence-corrected chi connectivity index (χ4v) is 1.65. The zero-order valence-electron chi connectivity index (χ0n) is 12.1. The van der Waals surface area contributed by atoms with Gasteiger partial charge in [0.05, 0.1) is 5.71 Å². The Kier molecular flexibility index (Phi) is 5.98. The Bertz CT molecular complexity index is 499. The average molecular weight is 299 g/mol. The number of rotatable bonds is 5. The molecule has 1 aromatic carbocycles. The number of ether oxygens (including phenoxy) is 1. The molecule has 1 N–H and O–H groups in total. The third-order valence-corrected chi connectivity index (χ3v) is 3.46. The van der Waals surface area contributed by atoms with Gasteiger partial charge in [0.1, 0.15) is 5.60 Å². The summed E-state index contributed by atoms with van der Waals surface area (Å²) in [7, 11) is 1.59. The number of nitrogens with zero attached hydrogens (tertiary/aromatic N) is 1. The molecule has 1 rings (SSSR count). The largest absolute Gasteiger partial charge is 0.437 e. The summed E-state index contributed by atoms with van der Waals surface area (Å²) in [5.74, 6) is 0. The standard InChI is InChI=1S/C14H19ClN2O3/c1-5-14(3,19-4)10(2)17-20-13(18)16-12-8-6-7-11(15)9-12/h6-9H,5H2,1-4H3,(H,16,18)/b17-10+. The van der Waals surface area contributed by atoms with Gasteiger partial charge in [-0.2, -0.15) is 0 Å². The van der Waals surface area contributed by atoms with Gasteiger partial charge in [0.2, 0.25) is 0 Å². The van der Waals surface area contributed by atoms with Crippen LogP contribution in [0.2, 0.25) is 5.02 Å². The maximum absolute atomic E-state index is 11.6. The van der Waals surface area contributed by atoms with Crippen LogP contribution in [0.1, 0.15) is 27.2 Å². The van der Waals surface area contributed by atoms with Crippen LogP contribution in [-0.2, 0) is 9.57 Å². The highest BCUT2D eigenvalue weighted by Crippen LogP contribution is 2.17. The number of carbonyl (C=O) groups excluding carboxylic acids is 1. The van der Waals surface area contributed by atoms with Gasteiger partial charge in [0.15, 0.2) is 0 Å². The molecule has 0 aliphatic rings. The monoisotopic (exact) mass is 298 g/mol. The fourth-order valence-electron chi connectivity index (χ4n) is 1.46. The second-order valence-electron chi connectivity index (χ2n) is 4.48. The van der Waals surface area contributed by atoms with Crippen molar-refractivity contribution in [2.45, 2.75) is 32.8 Å². The summed E-state index contributed by atoms with van der Waals surface area (Å²) in [6.45, 7) is 5.60. The third-order valence-electron chi connectivity index (χ3n) is 3.23. The summed E-state index contributed by atoms with van der Waals surface area (Å²) in [5, 5.41) is 6.86. The van der Waals surface area contributed by atoms with Gasteiger partial charge in [0, 0.05) is 17.8 Å². The first-order valence-corrected chi connectivity index (χ1v) is 6.63. The quantitative estimate of drug-likeness (QED) is 0.506. The molecule has 1 aromatic rings. The number of hydrogen-bond acceptors (Lipinski definition) is 4. The van der Waals surface area contributed by atoms with Gasteiger partial charge in [-0.15, -0.1) is 0 Å². The van der Waals surface area contributed by atoms with Crippen molar-refractivity contribution >= 4 is 29.1 Å². The SMILES string of the molecule is CCC(C)(OC)/C(C)=N/OC(=O)Nc1cccc(Cl)c1. The fraction of sp³-hybridized carbons (Fsp3) is 0.429. The maximum Gasteiger partial charge on any atom is 0.437 e. The minimum Gasteiger partial charge on any atom is -0.372 e. The number of amides is 1. The van der Waals surface area contributed by atoms with Crippen LogP contribution in [0.3, 0.4) is 0 Å². The Morgan fingerprint density at radius 2 is 2.20 bits per heavy atom. The highest BCUT2D eigenvalue weighted by molar-refractivity contribution is 6.30. The zero-order chi connectivity index (χ0) is 15.2. The third kappa shape index (κ3) is 4.51. The Balaban J connectivity index is 2.63. The molecule has 1 amide bonds. The summed E-state index contributed by atoms with van der Waals surface area (Å²) < 4.78 is 5.36. The molecule has 20 heavy (non-hydrogen) atoms. The summed E-state index contributed by atoms with van der Waals surface area (Å²) in [6.07, 6.45) is 0.0409. The van der Waals surface area contributed by atoms with Crippen molar-refractivity contribution in [1.29, 1.82) is 0 Å². The molecule has 0 fully saturated rings. The van der Waals surface area contributed by atoms with Crippen molar-refractivity contribution in [2.75, 3.05) is 12.4 Å². The van der Waals surface area contributed by atoms with E-state index in [9.17, 15) is 4.79 Å². The van der Waals surface area contributed by atoms with Crippen LogP contribution in [0, 0.1) is 0 Å². The topological polar surface area (TPSA) is 59.9 Å². The van der Waals surface area contributed by atoms with E-state index in [2.05, 4.69) is 10.5 Å². The van der Waals surface area contributed by atoms with Crippen LogP contribution in [-0.4, -0.2) is 24.5 Å². The van der Waals surface area contributed by atoms with Crippen molar-refractivity contribution in [1.82, 2.24) is 0 Å². The molecule has 1 unspecified atom stereocenters. The number of oxime groups is 1. The molecular formula is C14H19ClN2O3. The van der Waals surface area contributed by atoms with E-state index in [1.54, 1.807) is 38.3 Å². The molecule has 0 saturated heterocycles. The Morgan fingerprint density at radius 1 is 1.50 bits per heavy atom. The van der Waals surface area contributed by atoms with E-state index in [0.717, 1.165) is 6.42 Å². The van der Waals surface area contributed by atoms with Gasteiger partial charge in [-0.1, -0.05) is 29.7 Å². The predicted octanol–water partition coefficient (Wildman–Crippen LogP) is 4.08. The summed E-state index contributed by atoms with van der Waals surface area (Å²) in [5.41, 5.74) is 0.583. The van der Waals surface area contributed by atoms with Gasteiger partial charge in [-0.3, -0.25) is 10.2 Å². The van der Waals surface area contributed by atoms with Gasteiger partial charge in [0.25, 0.3) is 0 Å². The first-order valence-electron chi connectivity index (χ1n) is 6.25. The van der Waals surface area contributed by atoms with Gasteiger partial charge < -0.3 is 4.74 Å². The number of hydrogen-bond donors (Lipinski definition) is 1. The van der Waals surface area contributed by atoms with Gasteiger partial charge in [-0.05, 0) is 38.5 Å². The molecule has 1 atom stereocenters. The number of methoxy groups -OCH3 is 1. The lowest BCUT2D eigenvalue weighted by molar-refractivity contribution is 0.0587. The van der Waals surface area contributed by atoms with Gasteiger partial charge >= 0.3 is 6.09 Å². The molecule has 0 saturated carbocycles. The van der Waals surface area contributed by atoms with Crippen LogP contribution in [0.4, 0.5) is 10.5 Å². The first-order chi connectivity index (χ1) is 9.41. The number of halogens is 1. The van der Waals surface area contributed by atoms with Crippen molar-refractivity contribution in [3.05, 3.63) is 29.3 Å². The molecule has 0 spiro atoms. The molecule has 0 heterocycles. The van der Waals surface area contributed by atoms with Crippen molar-refractivity contribution in [2.24, 2.45) is 5.16 Å². The average Bonchev–Trinajstić information content (AvgIpc) is 2.43. The highest BCUT2D eigenvalue weighted by Gasteiger charge is 2.26. The Morgan fingerprint density at radius 3 is 2.75 bits per heavy atom. The van der Waals surface area contributed by atoms with E-state index in [-0.39, 0.29) is 0 Å². The first kappa shape index (κ1) is 16.5. The van der Waals surface area contributed by atoms with E-state index in [0.29, 0.717) is 16.4 Å². The van der Waals surface area contributed by atoms with Crippen LogP contribution < -0.4 is 5.32 Å². The lowest BCUT2D eigenvalue weighted by atomic mass is 9.98. The Labute approximate surface area is 123 Å².